The molecule has 1 aliphatic heterocycles. The van der Waals surface area contributed by atoms with E-state index in [0.717, 1.165) is 24.9 Å². The van der Waals surface area contributed by atoms with Gasteiger partial charge < -0.3 is 5.32 Å². The molecule has 2 atom stereocenters. The second-order valence-corrected chi connectivity index (χ2v) is 4.94. The van der Waals surface area contributed by atoms with Crippen molar-refractivity contribution >= 4 is 17.5 Å². The van der Waals surface area contributed by atoms with Crippen LogP contribution in [-0.2, 0) is 4.79 Å². The summed E-state index contributed by atoms with van der Waals surface area (Å²) in [6.45, 7) is 0. The Balaban J connectivity index is 1.82. The van der Waals surface area contributed by atoms with Crippen LogP contribution in [0.1, 0.15) is 31.2 Å². The molecule has 1 saturated carbocycles. The second kappa shape index (κ2) is 4.36. The summed E-state index contributed by atoms with van der Waals surface area (Å²) in [5.74, 6) is 0.603. The van der Waals surface area contributed by atoms with Gasteiger partial charge in [0.25, 0.3) is 0 Å². The molecule has 1 aromatic carbocycles. The first-order chi connectivity index (χ1) is 8.34. The van der Waals surface area contributed by atoms with E-state index in [9.17, 15) is 4.79 Å². The van der Waals surface area contributed by atoms with E-state index in [-0.39, 0.29) is 12.0 Å². The summed E-state index contributed by atoms with van der Waals surface area (Å²) in [4.78, 5) is 11.9. The SMILES string of the molecule is O=C1CCCCC1C1C=Cc2ccccc2N1. The number of carbonyl (C=O) groups is 1. The molecular formula is C15H17NO. The van der Waals surface area contributed by atoms with E-state index in [0.29, 0.717) is 5.78 Å². The Morgan fingerprint density at radius 2 is 2.06 bits per heavy atom. The maximum absolute atomic E-state index is 11.9. The Morgan fingerprint density at radius 1 is 1.18 bits per heavy atom. The molecule has 1 aliphatic carbocycles. The van der Waals surface area contributed by atoms with Gasteiger partial charge in [-0.05, 0) is 24.5 Å². The minimum absolute atomic E-state index is 0.174. The number of anilines is 1. The zero-order valence-corrected chi connectivity index (χ0v) is 9.86. The molecule has 1 fully saturated rings. The summed E-state index contributed by atoms with van der Waals surface area (Å²) >= 11 is 0. The highest BCUT2D eigenvalue weighted by Crippen LogP contribution is 2.30. The molecule has 2 unspecified atom stereocenters. The van der Waals surface area contributed by atoms with Crippen molar-refractivity contribution in [3.8, 4) is 0 Å². The maximum atomic E-state index is 11.9. The van der Waals surface area contributed by atoms with E-state index >= 15 is 0 Å². The molecule has 0 spiro atoms. The zero-order valence-electron chi connectivity index (χ0n) is 9.86. The van der Waals surface area contributed by atoms with Crippen LogP contribution in [0.15, 0.2) is 30.3 Å². The average Bonchev–Trinajstić information content (AvgIpc) is 2.39. The van der Waals surface area contributed by atoms with Crippen molar-refractivity contribution in [2.75, 3.05) is 5.32 Å². The fourth-order valence-corrected chi connectivity index (χ4v) is 2.83. The monoisotopic (exact) mass is 227 g/mol. The number of rotatable bonds is 1. The molecule has 17 heavy (non-hydrogen) atoms. The Hall–Kier alpha value is -1.57. The number of ketones is 1. The molecule has 0 bridgehead atoms. The van der Waals surface area contributed by atoms with Gasteiger partial charge in [0.1, 0.15) is 5.78 Å². The van der Waals surface area contributed by atoms with Crippen molar-refractivity contribution in [3.63, 3.8) is 0 Å². The lowest BCUT2D eigenvalue weighted by atomic mass is 9.81. The fraction of sp³-hybridized carbons (Fsp3) is 0.400. The lowest BCUT2D eigenvalue weighted by molar-refractivity contribution is -0.124. The Morgan fingerprint density at radius 3 is 2.94 bits per heavy atom. The molecule has 0 radical (unpaired) electrons. The molecule has 1 heterocycles. The second-order valence-electron chi connectivity index (χ2n) is 4.94. The van der Waals surface area contributed by atoms with Crippen molar-refractivity contribution in [3.05, 3.63) is 35.9 Å². The van der Waals surface area contributed by atoms with Crippen molar-refractivity contribution < 1.29 is 4.79 Å². The smallest absolute Gasteiger partial charge is 0.138 e. The standard InChI is InChI=1S/C15H17NO/c17-15-8-4-2-6-12(15)14-10-9-11-5-1-3-7-13(11)16-14/h1,3,5,7,9-10,12,14,16H,2,4,6,8H2. The van der Waals surface area contributed by atoms with Crippen molar-refractivity contribution in [1.82, 2.24) is 0 Å². The zero-order chi connectivity index (χ0) is 11.7. The van der Waals surface area contributed by atoms with Gasteiger partial charge in [0.05, 0.1) is 6.04 Å². The number of Topliss-reactive ketones (excluding diaryl/α,β-unsaturated/α-hetero) is 1. The highest BCUT2D eigenvalue weighted by Gasteiger charge is 2.30. The number of para-hydroxylation sites is 1. The molecule has 2 aliphatic rings. The number of hydrogen-bond acceptors (Lipinski definition) is 2. The predicted octanol–water partition coefficient (Wildman–Crippen LogP) is 3.25. The lowest BCUT2D eigenvalue weighted by Gasteiger charge is -2.31. The topological polar surface area (TPSA) is 29.1 Å². The van der Waals surface area contributed by atoms with Gasteiger partial charge in [0.2, 0.25) is 0 Å². The maximum Gasteiger partial charge on any atom is 0.138 e. The van der Waals surface area contributed by atoms with Crippen LogP contribution in [0.4, 0.5) is 5.69 Å². The highest BCUT2D eigenvalue weighted by atomic mass is 16.1. The molecule has 2 heteroatoms. The van der Waals surface area contributed by atoms with Gasteiger partial charge in [-0.25, -0.2) is 0 Å². The third kappa shape index (κ3) is 1.99. The van der Waals surface area contributed by atoms with Crippen molar-refractivity contribution in [2.45, 2.75) is 31.7 Å². The van der Waals surface area contributed by atoms with Gasteiger partial charge in [-0.2, -0.15) is 0 Å². The lowest BCUT2D eigenvalue weighted by Crippen LogP contribution is -2.36. The molecular weight excluding hydrogens is 210 g/mol. The third-order valence-corrected chi connectivity index (χ3v) is 3.80. The quantitative estimate of drug-likeness (QED) is 0.798. The summed E-state index contributed by atoms with van der Waals surface area (Å²) in [5, 5.41) is 3.49. The summed E-state index contributed by atoms with van der Waals surface area (Å²) in [6, 6.07) is 8.44. The Bertz CT molecular complexity index is 464. The van der Waals surface area contributed by atoms with E-state index in [1.807, 2.05) is 12.1 Å². The van der Waals surface area contributed by atoms with E-state index in [4.69, 9.17) is 0 Å². The van der Waals surface area contributed by atoms with Crippen LogP contribution in [0.2, 0.25) is 0 Å². The summed E-state index contributed by atoms with van der Waals surface area (Å²) in [7, 11) is 0. The van der Waals surface area contributed by atoms with E-state index < -0.39 is 0 Å². The highest BCUT2D eigenvalue weighted by molar-refractivity contribution is 5.84. The number of hydrogen-bond donors (Lipinski definition) is 1. The summed E-state index contributed by atoms with van der Waals surface area (Å²) in [5.41, 5.74) is 2.37. The van der Waals surface area contributed by atoms with Crippen molar-refractivity contribution in [2.24, 2.45) is 5.92 Å². The molecule has 2 nitrogen and oxygen atoms in total. The van der Waals surface area contributed by atoms with Crippen LogP contribution < -0.4 is 5.32 Å². The number of carbonyl (C=O) groups excluding carboxylic acids is 1. The van der Waals surface area contributed by atoms with Crippen LogP contribution in [0, 0.1) is 5.92 Å². The summed E-state index contributed by atoms with van der Waals surface area (Å²) in [6.07, 6.45) is 8.34. The van der Waals surface area contributed by atoms with Crippen molar-refractivity contribution in [1.29, 1.82) is 0 Å². The molecule has 1 N–H and O–H groups in total. The molecule has 0 aromatic heterocycles. The Labute approximate surface area is 102 Å². The van der Waals surface area contributed by atoms with Crippen LogP contribution in [0.5, 0.6) is 0 Å². The first kappa shape index (κ1) is 10.6. The number of fused-ring (bicyclic) bond motifs is 1. The van der Waals surface area contributed by atoms with Gasteiger partial charge >= 0.3 is 0 Å². The van der Waals surface area contributed by atoms with Crippen LogP contribution in [0.3, 0.4) is 0 Å². The largest absolute Gasteiger partial charge is 0.378 e. The molecule has 88 valence electrons. The first-order valence-electron chi connectivity index (χ1n) is 6.41. The van der Waals surface area contributed by atoms with Gasteiger partial charge in [-0.3, -0.25) is 4.79 Å². The Kier molecular flexibility index (Phi) is 2.71. The van der Waals surface area contributed by atoms with Gasteiger partial charge in [0.15, 0.2) is 0 Å². The van der Waals surface area contributed by atoms with Gasteiger partial charge in [-0.1, -0.05) is 36.8 Å². The van der Waals surface area contributed by atoms with E-state index in [2.05, 4.69) is 29.6 Å². The first-order valence-corrected chi connectivity index (χ1v) is 6.41. The molecule has 0 saturated heterocycles. The summed E-state index contributed by atoms with van der Waals surface area (Å²) < 4.78 is 0. The number of nitrogens with one attached hydrogen (secondary N) is 1. The van der Waals surface area contributed by atoms with E-state index in [1.165, 1.54) is 12.0 Å². The molecule has 3 rings (SSSR count). The minimum atomic E-state index is 0.174. The van der Waals surface area contributed by atoms with Crippen LogP contribution >= 0.6 is 0 Å². The van der Waals surface area contributed by atoms with Gasteiger partial charge in [-0.15, -0.1) is 0 Å². The average molecular weight is 227 g/mol. The van der Waals surface area contributed by atoms with Crippen LogP contribution in [-0.4, -0.2) is 11.8 Å². The minimum Gasteiger partial charge on any atom is -0.378 e. The molecule has 1 aromatic rings. The normalized spacial score (nSPS) is 27.4. The third-order valence-electron chi connectivity index (χ3n) is 3.80. The van der Waals surface area contributed by atoms with Crippen LogP contribution in [0.25, 0.3) is 6.08 Å². The fourth-order valence-electron chi connectivity index (χ4n) is 2.83. The predicted molar refractivity (Wildman–Crippen MR) is 69.9 cm³/mol. The molecule has 0 amide bonds. The van der Waals surface area contributed by atoms with Gasteiger partial charge in [0, 0.05) is 18.0 Å². The number of benzene rings is 1. The van der Waals surface area contributed by atoms with E-state index in [1.54, 1.807) is 0 Å².